The zero-order valence-corrected chi connectivity index (χ0v) is 16.3. The van der Waals surface area contributed by atoms with Crippen molar-refractivity contribution < 1.29 is 19.7 Å². The molecule has 4 atom stereocenters. The molecule has 1 amide bonds. The Bertz CT molecular complexity index is 1110. The van der Waals surface area contributed by atoms with E-state index < -0.39 is 30.4 Å². The van der Waals surface area contributed by atoms with Crippen LogP contribution in [0.2, 0.25) is 0 Å². The number of amides is 1. The van der Waals surface area contributed by atoms with Crippen LogP contribution in [-0.2, 0) is 9.53 Å². The number of anilines is 1. The lowest BCUT2D eigenvalue weighted by molar-refractivity contribution is -0.137. The Morgan fingerprint density at radius 2 is 2.03 bits per heavy atom. The van der Waals surface area contributed by atoms with Crippen molar-refractivity contribution in [2.75, 3.05) is 19.4 Å². The van der Waals surface area contributed by atoms with Gasteiger partial charge in [0.15, 0.2) is 29.3 Å². The molecule has 3 aromatic heterocycles. The number of aromatic nitrogens is 7. The number of fused-ring (bicyclic) bond motifs is 1. The van der Waals surface area contributed by atoms with Crippen LogP contribution in [0.5, 0.6) is 0 Å². The summed E-state index contributed by atoms with van der Waals surface area (Å²) in [6.07, 6.45) is 0.394. The van der Waals surface area contributed by atoms with Crippen LogP contribution in [0.4, 0.5) is 5.82 Å². The highest BCUT2D eigenvalue weighted by Gasteiger charge is 2.47. The van der Waals surface area contributed by atoms with Gasteiger partial charge in [0.1, 0.15) is 12.2 Å². The Kier molecular flexibility index (Phi) is 4.38. The third-order valence-corrected chi connectivity index (χ3v) is 5.38. The lowest BCUT2D eigenvalue weighted by Crippen LogP contribution is -2.41. The van der Waals surface area contributed by atoms with E-state index in [9.17, 15) is 15.0 Å². The predicted molar refractivity (Wildman–Crippen MR) is 102 cm³/mol. The number of hydrogen-bond acceptors (Lipinski definition) is 10. The first-order valence-corrected chi connectivity index (χ1v) is 9.60. The number of carbonyl (C=O) groups excluding carboxylic acids is 1. The Labute approximate surface area is 170 Å². The molecule has 1 saturated heterocycles. The van der Waals surface area contributed by atoms with Crippen molar-refractivity contribution in [3.05, 3.63) is 18.2 Å². The second kappa shape index (κ2) is 6.97. The number of aliphatic hydroxyl groups is 2. The van der Waals surface area contributed by atoms with Crippen LogP contribution in [0.25, 0.3) is 17.1 Å². The number of nitrogens with zero attached hydrogens (tertiary/aromatic N) is 7. The van der Waals surface area contributed by atoms with Gasteiger partial charge in [0.25, 0.3) is 11.9 Å². The fourth-order valence-electron chi connectivity index (χ4n) is 3.56. The topological polar surface area (TPSA) is 165 Å². The summed E-state index contributed by atoms with van der Waals surface area (Å²) in [5, 5.41) is 34.5. The standard InChI is InChI=1S/C17H21N9O4/c1-18-13-9-14(22-17(21-13)26-5-8(23-24-26)7-3-4-7)25(6-20-9)16-11(28)10(27)12(30-16)15(29)19-2/h5-7,10-12,16,27-28H,3-4H2,1-2H3,(H,19,29)(H,18,21,22)/t10-,11+,12-,16+/m0/s1. The van der Waals surface area contributed by atoms with Crippen molar-refractivity contribution >= 4 is 22.9 Å². The highest BCUT2D eigenvalue weighted by molar-refractivity contribution is 5.84. The van der Waals surface area contributed by atoms with Crippen LogP contribution in [0.1, 0.15) is 30.7 Å². The summed E-state index contributed by atoms with van der Waals surface area (Å²) in [7, 11) is 3.13. The summed E-state index contributed by atoms with van der Waals surface area (Å²) in [4.78, 5) is 25.3. The lowest BCUT2D eigenvalue weighted by atomic mass is 10.1. The van der Waals surface area contributed by atoms with E-state index in [4.69, 9.17) is 4.74 Å². The van der Waals surface area contributed by atoms with Crippen LogP contribution < -0.4 is 10.6 Å². The summed E-state index contributed by atoms with van der Waals surface area (Å²) in [5.74, 6) is 0.619. The number of imidazole rings is 1. The van der Waals surface area contributed by atoms with Crippen molar-refractivity contribution in [1.29, 1.82) is 0 Å². The zero-order valence-electron chi connectivity index (χ0n) is 16.3. The van der Waals surface area contributed by atoms with Gasteiger partial charge in [0.2, 0.25) is 0 Å². The van der Waals surface area contributed by atoms with Crippen molar-refractivity contribution in [1.82, 2.24) is 39.8 Å². The molecule has 0 aromatic carbocycles. The Hall–Kier alpha value is -3.16. The Morgan fingerprint density at radius 1 is 1.23 bits per heavy atom. The van der Waals surface area contributed by atoms with E-state index in [1.807, 2.05) is 0 Å². The average Bonchev–Trinajstić information content (AvgIpc) is 3.21. The lowest BCUT2D eigenvalue weighted by Gasteiger charge is -2.16. The molecule has 13 heteroatoms. The third-order valence-electron chi connectivity index (χ3n) is 5.38. The first kappa shape index (κ1) is 18.8. The highest BCUT2D eigenvalue weighted by Crippen LogP contribution is 2.39. The normalized spacial score (nSPS) is 26.3. The van der Waals surface area contributed by atoms with E-state index in [1.165, 1.54) is 22.6 Å². The van der Waals surface area contributed by atoms with E-state index in [0.29, 0.717) is 22.9 Å². The molecule has 0 spiro atoms. The van der Waals surface area contributed by atoms with Gasteiger partial charge < -0.3 is 25.6 Å². The summed E-state index contributed by atoms with van der Waals surface area (Å²) in [6, 6.07) is 0. The van der Waals surface area contributed by atoms with Gasteiger partial charge in [-0.05, 0) is 12.8 Å². The van der Waals surface area contributed by atoms with Crippen molar-refractivity contribution in [3.63, 3.8) is 0 Å². The molecule has 0 radical (unpaired) electrons. The van der Waals surface area contributed by atoms with Gasteiger partial charge in [-0.25, -0.2) is 4.98 Å². The SMILES string of the molecule is CNC(=O)[C@H]1O[C@@H](n2cnc3c(NC)nc(-n4cc(C5CC5)nn4)nc32)[C@H](O)[C@@H]1O. The van der Waals surface area contributed by atoms with E-state index in [0.717, 1.165) is 18.5 Å². The molecular formula is C17H21N9O4. The van der Waals surface area contributed by atoms with Crippen molar-refractivity contribution in [3.8, 4) is 5.95 Å². The molecule has 5 rings (SSSR count). The Balaban J connectivity index is 1.57. The fraction of sp³-hybridized carbons (Fsp3) is 0.529. The van der Waals surface area contributed by atoms with Crippen molar-refractivity contribution in [2.45, 2.75) is 43.3 Å². The third kappa shape index (κ3) is 2.89. The molecule has 30 heavy (non-hydrogen) atoms. The number of carbonyl (C=O) groups is 1. The van der Waals surface area contributed by atoms with Gasteiger partial charge in [0, 0.05) is 20.0 Å². The summed E-state index contributed by atoms with van der Waals surface area (Å²) < 4.78 is 8.60. The van der Waals surface area contributed by atoms with Crippen molar-refractivity contribution in [2.24, 2.45) is 0 Å². The maximum absolute atomic E-state index is 12.0. The molecule has 158 valence electrons. The number of ether oxygens (including phenoxy) is 1. The van der Waals surface area contributed by atoms with E-state index >= 15 is 0 Å². The number of likely N-dealkylation sites (N-methyl/N-ethyl adjacent to an activating group) is 1. The maximum atomic E-state index is 12.0. The van der Waals surface area contributed by atoms with Gasteiger partial charge in [-0.15, -0.1) is 5.10 Å². The maximum Gasteiger partial charge on any atom is 0.256 e. The molecule has 1 saturated carbocycles. The summed E-state index contributed by atoms with van der Waals surface area (Å²) in [6.45, 7) is 0. The molecule has 2 aliphatic rings. The largest absolute Gasteiger partial charge is 0.387 e. The number of hydrogen-bond donors (Lipinski definition) is 4. The molecule has 1 aliphatic heterocycles. The minimum absolute atomic E-state index is 0.267. The van der Waals surface area contributed by atoms with Gasteiger partial charge in [-0.1, -0.05) is 5.21 Å². The molecule has 0 bridgehead atoms. The van der Waals surface area contributed by atoms with E-state index in [-0.39, 0.29) is 5.95 Å². The van der Waals surface area contributed by atoms with Gasteiger partial charge in [-0.3, -0.25) is 9.36 Å². The minimum Gasteiger partial charge on any atom is -0.387 e. The highest BCUT2D eigenvalue weighted by atomic mass is 16.6. The second-order valence-corrected chi connectivity index (χ2v) is 7.35. The summed E-state index contributed by atoms with van der Waals surface area (Å²) in [5.41, 5.74) is 1.68. The van der Waals surface area contributed by atoms with Crippen LogP contribution in [0.3, 0.4) is 0 Å². The van der Waals surface area contributed by atoms with Gasteiger partial charge in [-0.2, -0.15) is 14.6 Å². The molecule has 0 unspecified atom stereocenters. The van der Waals surface area contributed by atoms with E-state index in [1.54, 1.807) is 13.2 Å². The summed E-state index contributed by atoms with van der Waals surface area (Å²) >= 11 is 0. The van der Waals surface area contributed by atoms with Crippen LogP contribution in [0, 0.1) is 0 Å². The average molecular weight is 415 g/mol. The van der Waals surface area contributed by atoms with Crippen LogP contribution in [-0.4, -0.2) is 83.0 Å². The number of aliphatic hydroxyl groups excluding tert-OH is 2. The quantitative estimate of drug-likeness (QED) is 0.393. The molecule has 2 fully saturated rings. The van der Waals surface area contributed by atoms with Gasteiger partial charge in [0.05, 0.1) is 18.2 Å². The van der Waals surface area contributed by atoms with E-state index in [2.05, 4.69) is 35.9 Å². The molecule has 3 aromatic rings. The molecular weight excluding hydrogens is 394 g/mol. The van der Waals surface area contributed by atoms with Crippen LogP contribution >= 0.6 is 0 Å². The minimum atomic E-state index is -1.39. The molecule has 4 N–H and O–H groups in total. The molecule has 13 nitrogen and oxygen atoms in total. The number of nitrogens with one attached hydrogen (secondary N) is 2. The first-order valence-electron chi connectivity index (χ1n) is 9.60. The van der Waals surface area contributed by atoms with Crippen LogP contribution in [0.15, 0.2) is 12.5 Å². The number of rotatable bonds is 5. The fourth-order valence-corrected chi connectivity index (χ4v) is 3.56. The predicted octanol–water partition coefficient (Wildman–Crippen LogP) is -1.31. The van der Waals surface area contributed by atoms with Gasteiger partial charge >= 0.3 is 0 Å². The monoisotopic (exact) mass is 415 g/mol. The molecule has 4 heterocycles. The second-order valence-electron chi connectivity index (χ2n) is 7.35. The molecule has 1 aliphatic carbocycles. The zero-order chi connectivity index (χ0) is 21.0. The first-order chi connectivity index (χ1) is 14.5. The Morgan fingerprint density at radius 3 is 2.73 bits per heavy atom. The smallest absolute Gasteiger partial charge is 0.256 e.